The third-order valence-corrected chi connectivity index (χ3v) is 3.51. The van der Waals surface area contributed by atoms with Gasteiger partial charge in [0.1, 0.15) is 5.75 Å². The zero-order valence-electron chi connectivity index (χ0n) is 12.8. The molecule has 5 heteroatoms. The fraction of sp³-hybridized carbons (Fsp3) is 0.294. The summed E-state index contributed by atoms with van der Waals surface area (Å²) in [6, 6.07) is 8.89. The van der Waals surface area contributed by atoms with Crippen molar-refractivity contribution in [2.75, 3.05) is 13.7 Å². The minimum atomic E-state index is -0.0702. The van der Waals surface area contributed by atoms with Gasteiger partial charge in [0, 0.05) is 30.5 Å². The van der Waals surface area contributed by atoms with Gasteiger partial charge in [-0.25, -0.2) is 0 Å². The van der Waals surface area contributed by atoms with Crippen LogP contribution in [0.2, 0.25) is 5.02 Å². The first-order valence-corrected chi connectivity index (χ1v) is 7.55. The highest BCUT2D eigenvalue weighted by Gasteiger charge is 2.19. The molecule has 1 aromatic carbocycles. The molecule has 0 fully saturated rings. The molecule has 0 saturated carbocycles. The van der Waals surface area contributed by atoms with Crippen molar-refractivity contribution < 1.29 is 9.53 Å². The number of carbonyl (C=O) groups excluding carboxylic acids is 1. The molecular formula is C17H19ClN2O2. The lowest BCUT2D eigenvalue weighted by Gasteiger charge is -2.23. The summed E-state index contributed by atoms with van der Waals surface area (Å²) in [5, 5.41) is 0.544. The minimum absolute atomic E-state index is 0.0702. The molecule has 0 aliphatic rings. The molecule has 1 amide bonds. The number of benzene rings is 1. The summed E-state index contributed by atoms with van der Waals surface area (Å²) in [4.78, 5) is 18.7. The van der Waals surface area contributed by atoms with Crippen LogP contribution in [0.1, 0.15) is 29.3 Å². The van der Waals surface area contributed by atoms with E-state index in [1.54, 1.807) is 35.5 Å². The van der Waals surface area contributed by atoms with Gasteiger partial charge in [-0.15, -0.1) is 0 Å². The van der Waals surface area contributed by atoms with Gasteiger partial charge in [-0.2, -0.15) is 0 Å². The highest BCUT2D eigenvalue weighted by atomic mass is 35.5. The third-order valence-electron chi connectivity index (χ3n) is 3.27. The lowest BCUT2D eigenvalue weighted by Crippen LogP contribution is -2.31. The molecule has 2 rings (SSSR count). The zero-order chi connectivity index (χ0) is 15.9. The second kappa shape index (κ2) is 7.80. The van der Waals surface area contributed by atoms with Crippen molar-refractivity contribution in [3.8, 4) is 5.75 Å². The van der Waals surface area contributed by atoms with Crippen LogP contribution < -0.4 is 4.74 Å². The third kappa shape index (κ3) is 3.98. The van der Waals surface area contributed by atoms with Crippen LogP contribution in [0.5, 0.6) is 5.75 Å². The summed E-state index contributed by atoms with van der Waals surface area (Å²) in [6.07, 6.45) is 4.37. The van der Waals surface area contributed by atoms with Crippen LogP contribution in [0.3, 0.4) is 0 Å². The normalized spacial score (nSPS) is 10.3. The van der Waals surface area contributed by atoms with Crippen LogP contribution in [0.15, 0.2) is 42.7 Å². The molecule has 0 aliphatic carbocycles. The summed E-state index contributed by atoms with van der Waals surface area (Å²) >= 11 is 5.96. The monoisotopic (exact) mass is 318 g/mol. The van der Waals surface area contributed by atoms with E-state index < -0.39 is 0 Å². The number of halogens is 1. The molecule has 0 radical (unpaired) electrons. The fourth-order valence-electron chi connectivity index (χ4n) is 2.25. The topological polar surface area (TPSA) is 42.4 Å². The van der Waals surface area contributed by atoms with Crippen molar-refractivity contribution in [3.05, 3.63) is 58.9 Å². The maximum atomic E-state index is 12.8. The van der Waals surface area contributed by atoms with E-state index in [2.05, 4.69) is 4.98 Å². The van der Waals surface area contributed by atoms with Crippen molar-refractivity contribution in [1.82, 2.24) is 9.88 Å². The van der Waals surface area contributed by atoms with Gasteiger partial charge in [0.2, 0.25) is 0 Å². The number of rotatable bonds is 6. The van der Waals surface area contributed by atoms with E-state index in [1.165, 1.54) is 7.11 Å². The van der Waals surface area contributed by atoms with Gasteiger partial charge >= 0.3 is 0 Å². The molecule has 0 N–H and O–H groups in total. The summed E-state index contributed by atoms with van der Waals surface area (Å²) in [7, 11) is 1.54. The Bertz CT molecular complexity index is 632. The van der Waals surface area contributed by atoms with Gasteiger partial charge in [0.25, 0.3) is 5.91 Å². The SMILES string of the molecule is CCCN(Cc1cccnc1)C(=O)c1ccc(Cl)cc1OC. The van der Waals surface area contributed by atoms with Gasteiger partial charge in [0.05, 0.1) is 12.7 Å². The smallest absolute Gasteiger partial charge is 0.257 e. The van der Waals surface area contributed by atoms with Crippen LogP contribution >= 0.6 is 11.6 Å². The number of hydrogen-bond acceptors (Lipinski definition) is 3. The molecule has 1 heterocycles. The Kier molecular flexibility index (Phi) is 5.78. The Balaban J connectivity index is 2.26. The van der Waals surface area contributed by atoms with Crippen LogP contribution in [-0.4, -0.2) is 29.4 Å². The minimum Gasteiger partial charge on any atom is -0.496 e. The molecule has 2 aromatic rings. The Morgan fingerprint density at radius 3 is 2.82 bits per heavy atom. The largest absolute Gasteiger partial charge is 0.496 e. The number of amides is 1. The molecular weight excluding hydrogens is 300 g/mol. The molecule has 4 nitrogen and oxygen atoms in total. The summed E-state index contributed by atoms with van der Waals surface area (Å²) < 4.78 is 5.28. The number of hydrogen-bond donors (Lipinski definition) is 0. The molecule has 0 spiro atoms. The Morgan fingerprint density at radius 1 is 1.36 bits per heavy atom. The van der Waals surface area contributed by atoms with Crippen molar-refractivity contribution in [2.45, 2.75) is 19.9 Å². The summed E-state index contributed by atoms with van der Waals surface area (Å²) in [5.41, 5.74) is 1.52. The lowest BCUT2D eigenvalue weighted by molar-refractivity contribution is 0.0739. The number of nitrogens with zero attached hydrogens (tertiary/aromatic N) is 2. The first-order chi connectivity index (χ1) is 10.7. The quantitative estimate of drug-likeness (QED) is 0.813. The Morgan fingerprint density at radius 2 is 2.18 bits per heavy atom. The van der Waals surface area contributed by atoms with Crippen LogP contribution in [0.4, 0.5) is 0 Å². The van der Waals surface area contributed by atoms with E-state index in [1.807, 2.05) is 19.1 Å². The highest BCUT2D eigenvalue weighted by molar-refractivity contribution is 6.30. The predicted molar refractivity (Wildman–Crippen MR) is 87.3 cm³/mol. The number of ether oxygens (including phenoxy) is 1. The average Bonchev–Trinajstić information content (AvgIpc) is 2.54. The second-order valence-electron chi connectivity index (χ2n) is 4.93. The molecule has 0 atom stereocenters. The van der Waals surface area contributed by atoms with E-state index in [4.69, 9.17) is 16.3 Å². The number of aromatic nitrogens is 1. The number of pyridine rings is 1. The summed E-state index contributed by atoms with van der Waals surface area (Å²) in [5.74, 6) is 0.420. The maximum Gasteiger partial charge on any atom is 0.257 e. The predicted octanol–water partition coefficient (Wildman–Crippen LogP) is 3.80. The van der Waals surface area contributed by atoms with Crippen molar-refractivity contribution >= 4 is 17.5 Å². The van der Waals surface area contributed by atoms with E-state index in [0.29, 0.717) is 29.4 Å². The molecule has 0 unspecified atom stereocenters. The first kappa shape index (κ1) is 16.3. The summed E-state index contributed by atoms with van der Waals surface area (Å²) in [6.45, 7) is 3.23. The van der Waals surface area contributed by atoms with Crippen molar-refractivity contribution in [1.29, 1.82) is 0 Å². The zero-order valence-corrected chi connectivity index (χ0v) is 13.5. The Labute approximate surface area is 135 Å². The lowest BCUT2D eigenvalue weighted by atomic mass is 10.1. The van der Waals surface area contributed by atoms with E-state index in [0.717, 1.165) is 12.0 Å². The van der Waals surface area contributed by atoms with E-state index in [-0.39, 0.29) is 5.91 Å². The number of methoxy groups -OCH3 is 1. The van der Waals surface area contributed by atoms with Crippen LogP contribution in [-0.2, 0) is 6.54 Å². The average molecular weight is 319 g/mol. The van der Waals surface area contributed by atoms with Crippen molar-refractivity contribution in [2.24, 2.45) is 0 Å². The standard InChI is InChI=1S/C17H19ClN2O2/c1-3-9-20(12-13-5-4-8-19-11-13)17(21)15-7-6-14(18)10-16(15)22-2/h4-8,10-11H,3,9,12H2,1-2H3. The van der Waals surface area contributed by atoms with Gasteiger partial charge in [0.15, 0.2) is 0 Å². The van der Waals surface area contributed by atoms with Gasteiger partial charge in [-0.1, -0.05) is 24.6 Å². The molecule has 1 aromatic heterocycles. The van der Waals surface area contributed by atoms with E-state index >= 15 is 0 Å². The van der Waals surface area contributed by atoms with Gasteiger partial charge in [-0.3, -0.25) is 9.78 Å². The maximum absolute atomic E-state index is 12.8. The van der Waals surface area contributed by atoms with E-state index in [9.17, 15) is 4.79 Å². The molecule has 116 valence electrons. The van der Waals surface area contributed by atoms with Crippen LogP contribution in [0, 0.1) is 0 Å². The Hall–Kier alpha value is -2.07. The fourth-order valence-corrected chi connectivity index (χ4v) is 2.41. The van der Waals surface area contributed by atoms with Gasteiger partial charge in [-0.05, 0) is 36.2 Å². The first-order valence-electron chi connectivity index (χ1n) is 7.17. The molecule has 0 bridgehead atoms. The van der Waals surface area contributed by atoms with Crippen LogP contribution in [0.25, 0.3) is 0 Å². The molecule has 22 heavy (non-hydrogen) atoms. The van der Waals surface area contributed by atoms with Gasteiger partial charge < -0.3 is 9.64 Å². The second-order valence-corrected chi connectivity index (χ2v) is 5.37. The molecule has 0 aliphatic heterocycles. The number of carbonyl (C=O) groups is 1. The highest BCUT2D eigenvalue weighted by Crippen LogP contribution is 2.25. The van der Waals surface area contributed by atoms with Crippen molar-refractivity contribution in [3.63, 3.8) is 0 Å². The molecule has 0 saturated heterocycles.